The highest BCUT2D eigenvalue weighted by atomic mass is 32.2. The maximum absolute atomic E-state index is 11.9. The third kappa shape index (κ3) is 4.12. The van der Waals surface area contributed by atoms with Crippen LogP contribution in [0.25, 0.3) is 10.2 Å². The molecule has 1 aromatic heterocycles. The molecule has 2 aromatic rings. The minimum Gasteiger partial charge on any atom is -0.313 e. The molecule has 1 amide bonds. The molecule has 0 N–H and O–H groups in total. The number of hydrogen-bond acceptors (Lipinski definition) is 5. The Kier molecular flexibility index (Phi) is 6.05. The molecule has 116 valence electrons. The van der Waals surface area contributed by atoms with Gasteiger partial charge in [0.1, 0.15) is 0 Å². The molecule has 0 aliphatic carbocycles. The summed E-state index contributed by atoms with van der Waals surface area (Å²) >= 11 is 4.13. The van der Waals surface area contributed by atoms with Crippen LogP contribution in [0.3, 0.4) is 0 Å². The van der Waals surface area contributed by atoms with E-state index in [4.69, 9.17) is 0 Å². The number of fused-ring (bicyclic) bond motifs is 1. The van der Waals surface area contributed by atoms with E-state index in [0.717, 1.165) is 22.0 Å². The number of allylic oxidation sites excluding steroid dienone is 1. The van der Waals surface area contributed by atoms with Gasteiger partial charge in [0.2, 0.25) is 0 Å². The summed E-state index contributed by atoms with van der Waals surface area (Å²) in [5.41, 5.74) is 1.04. The maximum atomic E-state index is 11.9. The highest BCUT2D eigenvalue weighted by Gasteiger charge is 2.08. The zero-order valence-electron chi connectivity index (χ0n) is 12.4. The standard InChI is InChI=1S/C15H16N2O2S3/c1-4-7-17-12-6-5-11(20-3)8-13(12)22-15(17)16-14(19)9-21-10(2)18/h4-6,8H,1,7,9H2,2-3H3. The summed E-state index contributed by atoms with van der Waals surface area (Å²) in [7, 11) is 0. The number of amides is 1. The van der Waals surface area contributed by atoms with Gasteiger partial charge in [0.25, 0.3) is 5.91 Å². The molecule has 1 heterocycles. The summed E-state index contributed by atoms with van der Waals surface area (Å²) in [6, 6.07) is 6.18. The molecule has 0 unspecified atom stereocenters. The quantitative estimate of drug-likeness (QED) is 0.612. The van der Waals surface area contributed by atoms with Gasteiger partial charge in [-0.1, -0.05) is 29.2 Å². The molecule has 0 spiro atoms. The predicted octanol–water partition coefficient (Wildman–Crippen LogP) is 3.32. The molecule has 0 saturated heterocycles. The number of rotatable bonds is 5. The summed E-state index contributed by atoms with van der Waals surface area (Å²) in [5, 5.41) is -0.0801. The third-order valence-electron chi connectivity index (χ3n) is 2.82. The van der Waals surface area contributed by atoms with Crippen LogP contribution in [-0.4, -0.2) is 27.6 Å². The van der Waals surface area contributed by atoms with Crippen LogP contribution in [0.1, 0.15) is 6.92 Å². The van der Waals surface area contributed by atoms with Crippen LogP contribution >= 0.6 is 34.9 Å². The van der Waals surface area contributed by atoms with Crippen molar-refractivity contribution in [2.24, 2.45) is 4.99 Å². The summed E-state index contributed by atoms with van der Waals surface area (Å²) < 4.78 is 3.05. The van der Waals surface area contributed by atoms with E-state index in [0.29, 0.717) is 11.3 Å². The van der Waals surface area contributed by atoms with Crippen molar-refractivity contribution >= 4 is 56.1 Å². The van der Waals surface area contributed by atoms with Gasteiger partial charge in [0, 0.05) is 18.4 Å². The van der Waals surface area contributed by atoms with Crippen LogP contribution in [-0.2, 0) is 16.1 Å². The van der Waals surface area contributed by atoms with Crippen molar-refractivity contribution in [3.63, 3.8) is 0 Å². The van der Waals surface area contributed by atoms with Gasteiger partial charge in [-0.05, 0) is 24.5 Å². The van der Waals surface area contributed by atoms with Crippen molar-refractivity contribution in [1.82, 2.24) is 4.57 Å². The van der Waals surface area contributed by atoms with Gasteiger partial charge in [-0.25, -0.2) is 0 Å². The van der Waals surface area contributed by atoms with E-state index in [1.54, 1.807) is 17.8 Å². The molecule has 0 saturated carbocycles. The number of nitrogens with zero attached hydrogens (tertiary/aromatic N) is 2. The fraction of sp³-hybridized carbons (Fsp3) is 0.267. The zero-order chi connectivity index (χ0) is 16.1. The molecule has 0 fully saturated rings. The molecule has 1 aromatic carbocycles. The van der Waals surface area contributed by atoms with Gasteiger partial charge in [-0.15, -0.1) is 18.3 Å². The molecule has 2 rings (SSSR count). The Balaban J connectivity index is 2.46. The number of benzene rings is 1. The molecular weight excluding hydrogens is 336 g/mol. The van der Waals surface area contributed by atoms with Crippen molar-refractivity contribution < 1.29 is 9.59 Å². The highest BCUT2D eigenvalue weighted by Crippen LogP contribution is 2.24. The van der Waals surface area contributed by atoms with E-state index in [1.807, 2.05) is 16.9 Å². The summed E-state index contributed by atoms with van der Waals surface area (Å²) in [6.45, 7) is 5.79. The first-order valence-electron chi connectivity index (χ1n) is 6.54. The first-order chi connectivity index (χ1) is 10.5. The fourth-order valence-corrected chi connectivity index (χ4v) is 3.88. The molecular formula is C15H16N2O2S3. The van der Waals surface area contributed by atoms with Gasteiger partial charge in [-0.3, -0.25) is 9.59 Å². The van der Waals surface area contributed by atoms with E-state index >= 15 is 0 Å². The Bertz CT molecular complexity index is 790. The smallest absolute Gasteiger partial charge is 0.258 e. The lowest BCUT2D eigenvalue weighted by molar-refractivity contribution is -0.116. The number of thioether (sulfide) groups is 2. The molecule has 0 radical (unpaired) electrons. The second-order valence-electron chi connectivity index (χ2n) is 4.40. The Morgan fingerprint density at radius 1 is 1.45 bits per heavy atom. The molecule has 0 bridgehead atoms. The average Bonchev–Trinajstić information content (AvgIpc) is 2.82. The summed E-state index contributed by atoms with van der Waals surface area (Å²) in [6.07, 6.45) is 3.81. The van der Waals surface area contributed by atoms with Crippen LogP contribution in [0.2, 0.25) is 0 Å². The van der Waals surface area contributed by atoms with E-state index in [-0.39, 0.29) is 16.8 Å². The van der Waals surface area contributed by atoms with Crippen LogP contribution < -0.4 is 4.80 Å². The van der Waals surface area contributed by atoms with Crippen LogP contribution in [0.15, 0.2) is 40.7 Å². The van der Waals surface area contributed by atoms with Gasteiger partial charge in [-0.2, -0.15) is 4.99 Å². The minimum atomic E-state index is -0.297. The lowest BCUT2D eigenvalue weighted by Crippen LogP contribution is -2.17. The van der Waals surface area contributed by atoms with Crippen LogP contribution in [0.5, 0.6) is 0 Å². The fourth-order valence-electron chi connectivity index (χ4n) is 1.87. The second-order valence-corrected chi connectivity index (χ2v) is 7.44. The van der Waals surface area contributed by atoms with Crippen molar-refractivity contribution in [3.8, 4) is 0 Å². The van der Waals surface area contributed by atoms with E-state index in [2.05, 4.69) is 23.7 Å². The lowest BCUT2D eigenvalue weighted by atomic mass is 10.3. The lowest BCUT2D eigenvalue weighted by Gasteiger charge is -2.01. The molecule has 0 aliphatic rings. The summed E-state index contributed by atoms with van der Waals surface area (Å²) in [5.74, 6) is -0.219. The van der Waals surface area contributed by atoms with Gasteiger partial charge in [0.05, 0.1) is 16.0 Å². The van der Waals surface area contributed by atoms with Crippen LogP contribution in [0.4, 0.5) is 0 Å². The van der Waals surface area contributed by atoms with Crippen molar-refractivity contribution in [2.75, 3.05) is 12.0 Å². The van der Waals surface area contributed by atoms with E-state index < -0.39 is 0 Å². The Morgan fingerprint density at radius 3 is 2.86 bits per heavy atom. The molecule has 22 heavy (non-hydrogen) atoms. The summed E-state index contributed by atoms with van der Waals surface area (Å²) in [4.78, 5) is 28.8. The predicted molar refractivity (Wildman–Crippen MR) is 95.5 cm³/mol. The minimum absolute atomic E-state index is 0.0771. The Labute approximate surface area is 141 Å². The molecule has 0 aliphatic heterocycles. The molecule has 0 atom stereocenters. The first kappa shape index (κ1) is 17.1. The Morgan fingerprint density at radius 2 is 2.23 bits per heavy atom. The van der Waals surface area contributed by atoms with Crippen LogP contribution in [0, 0.1) is 0 Å². The van der Waals surface area contributed by atoms with Gasteiger partial charge < -0.3 is 4.57 Å². The normalized spacial score (nSPS) is 11.8. The highest BCUT2D eigenvalue weighted by molar-refractivity contribution is 8.14. The van der Waals surface area contributed by atoms with Crippen molar-refractivity contribution in [2.45, 2.75) is 18.4 Å². The van der Waals surface area contributed by atoms with Gasteiger partial charge >= 0.3 is 0 Å². The number of aromatic nitrogens is 1. The van der Waals surface area contributed by atoms with Crippen molar-refractivity contribution in [1.29, 1.82) is 0 Å². The first-order valence-corrected chi connectivity index (χ1v) is 9.57. The third-order valence-corrected chi connectivity index (χ3v) is 5.39. The number of carbonyl (C=O) groups is 2. The zero-order valence-corrected chi connectivity index (χ0v) is 14.8. The average molecular weight is 353 g/mol. The van der Waals surface area contributed by atoms with E-state index in [9.17, 15) is 9.59 Å². The van der Waals surface area contributed by atoms with E-state index in [1.165, 1.54) is 23.2 Å². The SMILES string of the molecule is C=CCn1c(=NC(=O)CSC(C)=O)sc2cc(SC)ccc21. The monoisotopic (exact) mass is 352 g/mol. The Hall–Kier alpha value is -1.31. The molecule has 7 heteroatoms. The number of hydrogen-bond donors (Lipinski definition) is 0. The second kappa shape index (κ2) is 7.80. The topological polar surface area (TPSA) is 51.4 Å². The van der Waals surface area contributed by atoms with Gasteiger partial charge in [0.15, 0.2) is 9.92 Å². The van der Waals surface area contributed by atoms with Crippen molar-refractivity contribution in [3.05, 3.63) is 35.7 Å². The number of thiazole rings is 1. The maximum Gasteiger partial charge on any atom is 0.258 e. The largest absolute Gasteiger partial charge is 0.313 e. The molecule has 4 nitrogen and oxygen atoms in total. The number of carbonyl (C=O) groups excluding carboxylic acids is 2.